The van der Waals surface area contributed by atoms with Crippen molar-refractivity contribution in [3.8, 4) is 6.07 Å². The van der Waals surface area contributed by atoms with E-state index < -0.39 is 0 Å². The summed E-state index contributed by atoms with van der Waals surface area (Å²) in [5.74, 6) is -0.294. The molecular weight excluding hydrogens is 396 g/mol. The van der Waals surface area contributed by atoms with Gasteiger partial charge in [-0.25, -0.2) is 0 Å². The Balaban J connectivity index is 1.92. The predicted octanol–water partition coefficient (Wildman–Crippen LogP) is 6.31. The molecule has 5 heteroatoms. The molecule has 0 unspecified atom stereocenters. The average Bonchev–Trinajstić information content (AvgIpc) is 2.74. The van der Waals surface area contributed by atoms with Gasteiger partial charge in [0.15, 0.2) is 0 Å². The van der Waals surface area contributed by atoms with Crippen molar-refractivity contribution >= 4 is 29.4 Å². The van der Waals surface area contributed by atoms with Gasteiger partial charge in [0.05, 0.1) is 4.24 Å². The number of nitrogens with zero attached hydrogens (tertiary/aromatic N) is 1. The van der Waals surface area contributed by atoms with E-state index in [1.54, 1.807) is 12.1 Å². The molecule has 0 aliphatic rings. The number of aryl methyl sites for hydroxylation is 2. The Kier molecular flexibility index (Phi) is 7.18. The van der Waals surface area contributed by atoms with Gasteiger partial charge in [-0.1, -0.05) is 77.1 Å². The van der Waals surface area contributed by atoms with E-state index in [-0.39, 0.29) is 11.6 Å². The fourth-order valence-corrected chi connectivity index (χ4v) is 4.58. The number of carbonyl (C=O) groups excluding carboxylic acids is 1. The number of rotatable bonds is 6. The molecule has 0 aliphatic carbocycles. The molecule has 1 amide bonds. The summed E-state index contributed by atoms with van der Waals surface area (Å²) in [7, 11) is 0. The first-order valence-electron chi connectivity index (χ1n) is 9.05. The second-order valence-electron chi connectivity index (χ2n) is 6.42. The smallest absolute Gasteiger partial charge is 0.256 e. The van der Waals surface area contributed by atoms with Crippen molar-refractivity contribution in [3.05, 3.63) is 105 Å². The van der Waals surface area contributed by atoms with Crippen LogP contribution in [-0.4, -0.2) is 5.91 Å². The molecule has 3 aromatic carbocycles. The molecule has 1 N–H and O–H groups in total. The lowest BCUT2D eigenvalue weighted by atomic mass is 10.1. The van der Waals surface area contributed by atoms with Crippen LogP contribution < -0.4 is 5.32 Å². The minimum Gasteiger partial charge on any atom is -0.312 e. The van der Waals surface area contributed by atoms with Crippen LogP contribution in [0.1, 0.15) is 21.5 Å². The minimum atomic E-state index is -0.294. The topological polar surface area (TPSA) is 52.9 Å². The highest BCUT2D eigenvalue weighted by atomic mass is 32.2. The fraction of sp³-hybridized carbons (Fsp3) is 0.0833. The molecular formula is C24H20N2OS2. The molecule has 3 rings (SSSR count). The first kappa shape index (κ1) is 20.8. The van der Waals surface area contributed by atoms with Crippen molar-refractivity contribution in [2.45, 2.75) is 23.6 Å². The van der Waals surface area contributed by atoms with Gasteiger partial charge in [-0.2, -0.15) is 5.26 Å². The van der Waals surface area contributed by atoms with E-state index in [0.29, 0.717) is 5.56 Å². The van der Waals surface area contributed by atoms with Gasteiger partial charge in [0.25, 0.3) is 5.91 Å². The van der Waals surface area contributed by atoms with Gasteiger partial charge in [0.2, 0.25) is 0 Å². The van der Waals surface area contributed by atoms with E-state index >= 15 is 0 Å². The van der Waals surface area contributed by atoms with Gasteiger partial charge in [0, 0.05) is 15.4 Å². The third-order valence-electron chi connectivity index (χ3n) is 4.05. The van der Waals surface area contributed by atoms with Crippen LogP contribution >= 0.6 is 23.5 Å². The SMILES string of the molecule is Cc1ccc(SC(Sc2ccccc2)=C(C#N)NC(=O)c2ccc(C)cc2)cc1. The maximum Gasteiger partial charge on any atom is 0.256 e. The van der Waals surface area contributed by atoms with Crippen LogP contribution in [-0.2, 0) is 0 Å². The lowest BCUT2D eigenvalue weighted by Crippen LogP contribution is -2.22. The summed E-state index contributed by atoms with van der Waals surface area (Å²) in [6.07, 6.45) is 0. The maximum atomic E-state index is 12.7. The third-order valence-corrected chi connectivity index (χ3v) is 6.35. The standard InChI is InChI=1S/C24H20N2OS2/c1-17-8-12-19(13-9-17)23(27)26-22(16-25)24(28-20-6-4-3-5-7-20)29-21-14-10-18(2)11-15-21/h3-15H,1-2H3,(H,26,27). The summed E-state index contributed by atoms with van der Waals surface area (Å²) < 4.78 is 0.725. The number of hydrogen-bond acceptors (Lipinski definition) is 4. The Bertz CT molecular complexity index is 1050. The predicted molar refractivity (Wildman–Crippen MR) is 121 cm³/mol. The second-order valence-corrected chi connectivity index (χ2v) is 8.85. The summed E-state index contributed by atoms with van der Waals surface area (Å²) >= 11 is 2.94. The van der Waals surface area contributed by atoms with Crippen LogP contribution in [0, 0.1) is 25.2 Å². The van der Waals surface area contributed by atoms with E-state index in [0.717, 1.165) is 19.6 Å². The molecule has 0 heterocycles. The van der Waals surface area contributed by atoms with Gasteiger partial charge in [-0.05, 0) is 50.2 Å². The van der Waals surface area contributed by atoms with E-state index in [2.05, 4.69) is 11.4 Å². The van der Waals surface area contributed by atoms with Gasteiger partial charge in [-0.3, -0.25) is 4.79 Å². The number of amides is 1. The number of thioether (sulfide) groups is 2. The number of allylic oxidation sites excluding steroid dienone is 1. The van der Waals surface area contributed by atoms with Crippen molar-refractivity contribution in [1.29, 1.82) is 5.26 Å². The summed E-state index contributed by atoms with van der Waals surface area (Å²) in [6, 6.07) is 27.4. The Morgan fingerprint density at radius 3 is 1.86 bits per heavy atom. The van der Waals surface area contributed by atoms with Crippen molar-refractivity contribution < 1.29 is 4.79 Å². The molecule has 29 heavy (non-hydrogen) atoms. The zero-order chi connectivity index (χ0) is 20.6. The van der Waals surface area contributed by atoms with E-state index in [1.807, 2.05) is 80.6 Å². The van der Waals surface area contributed by atoms with Crippen LogP contribution in [0.25, 0.3) is 0 Å². The van der Waals surface area contributed by atoms with Crippen LogP contribution in [0.4, 0.5) is 0 Å². The van der Waals surface area contributed by atoms with Gasteiger partial charge in [0.1, 0.15) is 11.8 Å². The van der Waals surface area contributed by atoms with E-state index in [9.17, 15) is 10.1 Å². The van der Waals surface area contributed by atoms with Gasteiger partial charge in [-0.15, -0.1) is 0 Å². The average molecular weight is 417 g/mol. The fourth-order valence-electron chi connectivity index (χ4n) is 2.45. The van der Waals surface area contributed by atoms with Crippen LogP contribution in [0.5, 0.6) is 0 Å². The molecule has 0 aliphatic heterocycles. The molecule has 0 bridgehead atoms. The summed E-state index contributed by atoms with van der Waals surface area (Å²) in [5.41, 5.74) is 3.01. The van der Waals surface area contributed by atoms with E-state index in [4.69, 9.17) is 0 Å². The Morgan fingerprint density at radius 2 is 1.31 bits per heavy atom. The highest BCUT2D eigenvalue weighted by Gasteiger charge is 2.15. The largest absolute Gasteiger partial charge is 0.312 e. The Hall–Kier alpha value is -2.94. The monoisotopic (exact) mass is 416 g/mol. The van der Waals surface area contributed by atoms with Gasteiger partial charge >= 0.3 is 0 Å². The summed E-state index contributed by atoms with van der Waals surface area (Å²) in [5, 5.41) is 12.6. The van der Waals surface area contributed by atoms with Crippen molar-refractivity contribution in [2.75, 3.05) is 0 Å². The molecule has 0 aromatic heterocycles. The quantitative estimate of drug-likeness (QED) is 0.378. The van der Waals surface area contributed by atoms with Crippen LogP contribution in [0.15, 0.2) is 98.6 Å². The molecule has 3 aromatic rings. The number of carbonyl (C=O) groups is 1. The molecule has 0 radical (unpaired) electrons. The zero-order valence-electron chi connectivity index (χ0n) is 16.2. The van der Waals surface area contributed by atoms with Crippen molar-refractivity contribution in [2.24, 2.45) is 0 Å². The van der Waals surface area contributed by atoms with Crippen molar-refractivity contribution in [3.63, 3.8) is 0 Å². The first-order valence-corrected chi connectivity index (χ1v) is 10.7. The summed E-state index contributed by atoms with van der Waals surface area (Å²) in [6.45, 7) is 4.00. The third kappa shape index (κ3) is 6.02. The number of hydrogen-bond donors (Lipinski definition) is 1. The molecule has 0 fully saturated rings. The maximum absolute atomic E-state index is 12.7. The highest BCUT2D eigenvalue weighted by Crippen LogP contribution is 2.40. The minimum absolute atomic E-state index is 0.245. The van der Waals surface area contributed by atoms with E-state index in [1.165, 1.54) is 29.1 Å². The highest BCUT2D eigenvalue weighted by molar-refractivity contribution is 8.22. The number of benzene rings is 3. The lowest BCUT2D eigenvalue weighted by Gasteiger charge is -2.12. The number of nitriles is 1. The first-order chi connectivity index (χ1) is 14.0. The number of nitrogens with one attached hydrogen (secondary N) is 1. The normalized spacial score (nSPS) is 11.3. The van der Waals surface area contributed by atoms with Crippen molar-refractivity contribution in [1.82, 2.24) is 5.32 Å². The molecule has 0 spiro atoms. The second kappa shape index (κ2) is 10.0. The van der Waals surface area contributed by atoms with Gasteiger partial charge < -0.3 is 5.32 Å². The lowest BCUT2D eigenvalue weighted by molar-refractivity contribution is 0.0967. The Morgan fingerprint density at radius 1 is 0.793 bits per heavy atom. The molecule has 0 saturated heterocycles. The van der Waals surface area contributed by atoms with Crippen LogP contribution in [0.3, 0.4) is 0 Å². The van der Waals surface area contributed by atoms with Crippen LogP contribution in [0.2, 0.25) is 0 Å². The molecule has 0 saturated carbocycles. The summed E-state index contributed by atoms with van der Waals surface area (Å²) in [4.78, 5) is 14.7. The zero-order valence-corrected chi connectivity index (χ0v) is 17.8. The molecule has 0 atom stereocenters. The molecule has 3 nitrogen and oxygen atoms in total. The molecule has 144 valence electrons. The Labute approximate surface area is 179 Å².